The summed E-state index contributed by atoms with van der Waals surface area (Å²) in [6, 6.07) is 18.9. The summed E-state index contributed by atoms with van der Waals surface area (Å²) in [6.45, 7) is 0. The molecule has 3 aromatic rings. The Hall–Kier alpha value is -3.14. The van der Waals surface area contributed by atoms with E-state index in [9.17, 15) is 9.90 Å². The van der Waals surface area contributed by atoms with Gasteiger partial charge in [-0.2, -0.15) is 5.10 Å². The number of phenolic OH excluding ortho intramolecular Hbond substituents is 1. The molecule has 3 aromatic carbocycles. The number of nitrogens with one attached hydrogen (secondary N) is 1. The predicted octanol–water partition coefficient (Wildman–Crippen LogP) is 3.63. The summed E-state index contributed by atoms with van der Waals surface area (Å²) in [6.07, 6.45) is 1.75. The maximum Gasteiger partial charge on any atom is 0.275 e. The first kappa shape index (κ1) is 14.5. The molecule has 1 aliphatic rings. The van der Waals surface area contributed by atoms with Crippen molar-refractivity contribution in [1.29, 1.82) is 0 Å². The van der Waals surface area contributed by atoms with Crippen LogP contribution in [0.3, 0.4) is 0 Å². The Morgan fingerprint density at radius 1 is 0.958 bits per heavy atom. The van der Waals surface area contributed by atoms with E-state index in [1.165, 1.54) is 5.56 Å². The number of phenols is 1. The van der Waals surface area contributed by atoms with Gasteiger partial charge in [0.05, 0.1) is 11.3 Å². The molecule has 0 bridgehead atoms. The van der Waals surface area contributed by atoms with Crippen LogP contribution in [0.15, 0.2) is 65.8 Å². The van der Waals surface area contributed by atoms with Crippen LogP contribution in [0.25, 0.3) is 10.8 Å². The highest BCUT2D eigenvalue weighted by Gasteiger charge is 2.18. The standard InChI is InChI=1S/C20H16N2O2/c23-19-12-15-7-2-1-6-14(15)11-17(19)20(24)22-21-18-10-9-13-5-3-4-8-16(13)18/h1-8,11-12,23H,9-10H2,(H,22,24)/b21-18+. The maximum atomic E-state index is 12.4. The van der Waals surface area contributed by atoms with Crippen molar-refractivity contribution < 1.29 is 9.90 Å². The Labute approximate surface area is 139 Å². The van der Waals surface area contributed by atoms with Crippen molar-refractivity contribution in [3.8, 4) is 5.75 Å². The lowest BCUT2D eigenvalue weighted by molar-refractivity contribution is 0.0952. The molecule has 0 unspecified atom stereocenters. The average Bonchev–Trinajstić information content (AvgIpc) is 3.02. The number of nitrogens with zero attached hydrogens (tertiary/aromatic N) is 1. The number of aryl methyl sites for hydroxylation is 1. The van der Waals surface area contributed by atoms with E-state index in [-0.39, 0.29) is 11.3 Å². The van der Waals surface area contributed by atoms with Gasteiger partial charge in [0, 0.05) is 5.56 Å². The van der Waals surface area contributed by atoms with Gasteiger partial charge < -0.3 is 5.11 Å². The van der Waals surface area contributed by atoms with Crippen molar-refractivity contribution in [2.75, 3.05) is 0 Å². The van der Waals surface area contributed by atoms with Crippen LogP contribution in [0.5, 0.6) is 5.75 Å². The van der Waals surface area contributed by atoms with Crippen molar-refractivity contribution in [3.05, 3.63) is 77.4 Å². The van der Waals surface area contributed by atoms with Crippen LogP contribution >= 0.6 is 0 Å². The SMILES string of the molecule is O=C(N/N=C1\CCc2ccccc21)c1cc2ccccc2cc1O. The fraction of sp³-hybridized carbons (Fsp3) is 0.100. The summed E-state index contributed by atoms with van der Waals surface area (Å²) >= 11 is 0. The second-order valence-electron chi connectivity index (χ2n) is 5.87. The molecule has 0 aliphatic heterocycles. The Kier molecular flexibility index (Phi) is 3.50. The van der Waals surface area contributed by atoms with Crippen LogP contribution in [-0.2, 0) is 6.42 Å². The van der Waals surface area contributed by atoms with Crippen LogP contribution in [-0.4, -0.2) is 16.7 Å². The van der Waals surface area contributed by atoms with E-state index in [4.69, 9.17) is 0 Å². The maximum absolute atomic E-state index is 12.4. The number of carbonyl (C=O) groups is 1. The molecule has 0 spiro atoms. The first-order chi connectivity index (χ1) is 11.7. The van der Waals surface area contributed by atoms with E-state index in [0.717, 1.165) is 34.9 Å². The van der Waals surface area contributed by atoms with Crippen molar-refractivity contribution in [3.63, 3.8) is 0 Å². The van der Waals surface area contributed by atoms with Gasteiger partial charge >= 0.3 is 0 Å². The first-order valence-corrected chi connectivity index (χ1v) is 7.89. The summed E-state index contributed by atoms with van der Waals surface area (Å²) in [7, 11) is 0. The summed E-state index contributed by atoms with van der Waals surface area (Å²) in [5, 5.41) is 16.2. The molecule has 0 radical (unpaired) electrons. The minimum atomic E-state index is -0.407. The zero-order valence-electron chi connectivity index (χ0n) is 13.0. The topological polar surface area (TPSA) is 61.7 Å². The number of hydrogen-bond donors (Lipinski definition) is 2. The molecule has 0 saturated heterocycles. The van der Waals surface area contributed by atoms with E-state index >= 15 is 0 Å². The monoisotopic (exact) mass is 316 g/mol. The Morgan fingerprint density at radius 2 is 1.67 bits per heavy atom. The Morgan fingerprint density at radius 3 is 2.50 bits per heavy atom. The van der Waals surface area contributed by atoms with Crippen LogP contribution in [0.2, 0.25) is 0 Å². The Bertz CT molecular complexity index is 976. The molecule has 1 aliphatic carbocycles. The minimum absolute atomic E-state index is 0.0433. The van der Waals surface area contributed by atoms with E-state index in [2.05, 4.69) is 16.6 Å². The average molecular weight is 316 g/mol. The quantitative estimate of drug-likeness (QED) is 0.709. The highest BCUT2D eigenvalue weighted by molar-refractivity contribution is 6.06. The lowest BCUT2D eigenvalue weighted by Gasteiger charge is -2.06. The van der Waals surface area contributed by atoms with E-state index < -0.39 is 5.91 Å². The van der Waals surface area contributed by atoms with Crippen LogP contribution in [0.4, 0.5) is 0 Å². The molecule has 118 valence electrons. The molecule has 24 heavy (non-hydrogen) atoms. The molecule has 0 aromatic heterocycles. The second-order valence-corrected chi connectivity index (χ2v) is 5.87. The number of fused-ring (bicyclic) bond motifs is 2. The van der Waals surface area contributed by atoms with Gasteiger partial charge in [-0.3, -0.25) is 4.79 Å². The third-order valence-electron chi connectivity index (χ3n) is 4.36. The fourth-order valence-corrected chi connectivity index (χ4v) is 3.11. The molecular formula is C20H16N2O2. The summed E-state index contributed by atoms with van der Waals surface area (Å²) in [4.78, 5) is 12.4. The lowest BCUT2D eigenvalue weighted by atomic mass is 10.1. The second kappa shape index (κ2) is 5.81. The smallest absolute Gasteiger partial charge is 0.275 e. The zero-order valence-corrected chi connectivity index (χ0v) is 13.0. The van der Waals surface area contributed by atoms with Gasteiger partial charge in [-0.1, -0.05) is 48.5 Å². The number of benzene rings is 3. The van der Waals surface area contributed by atoms with Gasteiger partial charge in [0.1, 0.15) is 5.75 Å². The minimum Gasteiger partial charge on any atom is -0.507 e. The lowest BCUT2D eigenvalue weighted by Crippen LogP contribution is -2.19. The van der Waals surface area contributed by atoms with Crippen molar-refractivity contribution in [1.82, 2.24) is 5.43 Å². The van der Waals surface area contributed by atoms with Crippen molar-refractivity contribution in [2.24, 2.45) is 5.10 Å². The highest BCUT2D eigenvalue weighted by Crippen LogP contribution is 2.25. The first-order valence-electron chi connectivity index (χ1n) is 7.89. The molecule has 0 heterocycles. The van der Waals surface area contributed by atoms with Crippen LogP contribution < -0.4 is 5.43 Å². The molecule has 4 heteroatoms. The number of rotatable bonds is 2. The number of amides is 1. The van der Waals surface area contributed by atoms with E-state index in [1.54, 1.807) is 12.1 Å². The van der Waals surface area contributed by atoms with E-state index in [0.29, 0.717) is 0 Å². The normalized spacial score (nSPS) is 14.8. The summed E-state index contributed by atoms with van der Waals surface area (Å²) in [5.41, 5.74) is 6.01. The van der Waals surface area contributed by atoms with Gasteiger partial charge in [-0.15, -0.1) is 0 Å². The number of carbonyl (C=O) groups excluding carboxylic acids is 1. The van der Waals surface area contributed by atoms with Gasteiger partial charge in [-0.05, 0) is 41.3 Å². The molecule has 0 atom stereocenters. The largest absolute Gasteiger partial charge is 0.507 e. The number of hydrogen-bond acceptors (Lipinski definition) is 3. The fourth-order valence-electron chi connectivity index (χ4n) is 3.11. The molecule has 2 N–H and O–H groups in total. The van der Waals surface area contributed by atoms with E-state index in [1.807, 2.05) is 42.5 Å². The summed E-state index contributed by atoms with van der Waals surface area (Å²) < 4.78 is 0. The number of aromatic hydroxyl groups is 1. The van der Waals surface area contributed by atoms with Crippen LogP contribution in [0.1, 0.15) is 27.9 Å². The van der Waals surface area contributed by atoms with Gasteiger partial charge in [-0.25, -0.2) is 5.43 Å². The van der Waals surface area contributed by atoms with Crippen molar-refractivity contribution >= 4 is 22.4 Å². The van der Waals surface area contributed by atoms with Gasteiger partial charge in [0.2, 0.25) is 0 Å². The molecule has 0 saturated carbocycles. The zero-order chi connectivity index (χ0) is 16.5. The van der Waals surface area contributed by atoms with Crippen LogP contribution in [0, 0.1) is 0 Å². The molecule has 4 rings (SSSR count). The molecule has 1 amide bonds. The Balaban J connectivity index is 1.61. The summed E-state index contributed by atoms with van der Waals surface area (Å²) in [5.74, 6) is -0.451. The number of hydrazone groups is 1. The predicted molar refractivity (Wildman–Crippen MR) is 94.4 cm³/mol. The third-order valence-corrected chi connectivity index (χ3v) is 4.36. The third kappa shape index (κ3) is 2.52. The van der Waals surface area contributed by atoms with Gasteiger partial charge in [0.15, 0.2) is 0 Å². The molecule has 0 fully saturated rings. The molecular weight excluding hydrogens is 300 g/mol. The van der Waals surface area contributed by atoms with Crippen molar-refractivity contribution in [2.45, 2.75) is 12.8 Å². The van der Waals surface area contributed by atoms with Gasteiger partial charge in [0.25, 0.3) is 5.91 Å². The highest BCUT2D eigenvalue weighted by atomic mass is 16.3. The molecule has 4 nitrogen and oxygen atoms in total.